The first-order valence-electron chi connectivity index (χ1n) is 3.72. The summed E-state index contributed by atoms with van der Waals surface area (Å²) < 4.78 is 5.99. The van der Waals surface area contributed by atoms with Gasteiger partial charge in [0.2, 0.25) is 0 Å². The predicted octanol–water partition coefficient (Wildman–Crippen LogP) is 0.0951. The lowest BCUT2D eigenvalue weighted by Gasteiger charge is -2.28. The molecular weight excluding hydrogens is 161 g/mol. The molecule has 1 aliphatic heterocycles. The fourth-order valence-electron chi connectivity index (χ4n) is 1.43. The molecule has 11 heavy (non-hydrogen) atoms. The molecule has 1 saturated heterocycles. The van der Waals surface area contributed by atoms with E-state index in [1.165, 1.54) is 0 Å². The molecule has 0 radical (unpaired) electrons. The van der Waals surface area contributed by atoms with Gasteiger partial charge in [0.25, 0.3) is 0 Å². The average molecular weight is 178 g/mol. The van der Waals surface area contributed by atoms with Gasteiger partial charge in [-0.2, -0.15) is 4.89 Å². The van der Waals surface area contributed by atoms with Crippen molar-refractivity contribution in [3.8, 4) is 0 Å². The maximum Gasteiger partial charge on any atom is 0.367 e. The van der Waals surface area contributed by atoms with E-state index < -0.39 is 7.94 Å². The fraction of sp³-hybridized carbons (Fsp3) is 1.00. The fourth-order valence-corrected chi connectivity index (χ4v) is 3.89. The molecule has 0 spiro atoms. The van der Waals surface area contributed by atoms with Crippen LogP contribution < -0.4 is 0 Å². The molecule has 1 heterocycles. The number of rotatable bonds is 1. The van der Waals surface area contributed by atoms with E-state index in [0.717, 1.165) is 13.1 Å². The van der Waals surface area contributed by atoms with E-state index in [-0.39, 0.29) is 0 Å². The van der Waals surface area contributed by atoms with Crippen LogP contribution in [0, 0.1) is 0 Å². The highest BCUT2D eigenvalue weighted by atomic mass is 31.2. The summed E-state index contributed by atoms with van der Waals surface area (Å²) in [6.07, 6.45) is 0. The highest BCUT2D eigenvalue weighted by Crippen LogP contribution is 2.63. The number of hydrogen-bond donors (Lipinski definition) is 1. The Bertz CT molecular complexity index is 143. The van der Waals surface area contributed by atoms with Gasteiger partial charge in [-0.05, 0) is 0 Å². The van der Waals surface area contributed by atoms with Crippen LogP contribution in [-0.2, 0) is 0 Å². The Morgan fingerprint density at radius 2 is 1.55 bits per heavy atom. The van der Waals surface area contributed by atoms with Crippen molar-refractivity contribution in [2.45, 2.75) is 0 Å². The Kier molecular flexibility index (Phi) is 2.52. The molecule has 0 aromatic carbocycles. The monoisotopic (exact) mass is 178 g/mol. The Morgan fingerprint density at radius 3 is 1.73 bits per heavy atom. The van der Waals surface area contributed by atoms with Gasteiger partial charge in [-0.3, -0.25) is 0 Å². The summed E-state index contributed by atoms with van der Waals surface area (Å²) in [4.78, 5) is 10.2. The van der Waals surface area contributed by atoms with E-state index in [1.54, 1.807) is 0 Å². The molecule has 0 aromatic heterocycles. The van der Waals surface area contributed by atoms with Gasteiger partial charge in [-0.25, -0.2) is 0 Å². The Balaban J connectivity index is 2.80. The lowest BCUT2D eigenvalue weighted by Crippen LogP contribution is -2.30. The smallest absolute Gasteiger partial charge is 0.196 e. The first-order chi connectivity index (χ1) is 4.99. The van der Waals surface area contributed by atoms with Crippen molar-refractivity contribution in [3.63, 3.8) is 0 Å². The molecule has 0 aromatic rings. The first-order valence-corrected chi connectivity index (χ1v) is 5.32. The number of nitrogens with zero attached hydrogens (tertiary/aromatic N) is 3. The molecule has 4 nitrogen and oxygen atoms in total. The topological polar surface area (TPSA) is 30.0 Å². The van der Waals surface area contributed by atoms with E-state index in [9.17, 15) is 4.89 Å². The molecule has 0 unspecified atom stereocenters. The van der Waals surface area contributed by atoms with E-state index in [0.29, 0.717) is 0 Å². The maximum atomic E-state index is 10.2. The summed E-state index contributed by atoms with van der Waals surface area (Å²) in [6.45, 7) is 1.91. The van der Waals surface area contributed by atoms with Crippen LogP contribution in [0.25, 0.3) is 0 Å². The normalized spacial score (nSPS) is 26.7. The lowest BCUT2D eigenvalue weighted by atomic mass is 10.6. The van der Waals surface area contributed by atoms with Crippen molar-refractivity contribution >= 4 is 7.94 Å². The van der Waals surface area contributed by atoms with Crippen LogP contribution >= 0.6 is 7.94 Å². The van der Waals surface area contributed by atoms with Gasteiger partial charge in [0.1, 0.15) is 0 Å². The van der Waals surface area contributed by atoms with Crippen LogP contribution in [0.3, 0.4) is 0 Å². The summed E-state index contributed by atoms with van der Waals surface area (Å²) >= 11 is 0. The lowest BCUT2D eigenvalue weighted by molar-refractivity contribution is 0.378. The molecule has 0 amide bonds. The van der Waals surface area contributed by atoms with Crippen LogP contribution in [0.4, 0.5) is 0 Å². The molecular formula is C6H17N3OP+. The first kappa shape index (κ1) is 9.36. The molecule has 0 saturated carbocycles. The van der Waals surface area contributed by atoms with Crippen molar-refractivity contribution in [2.24, 2.45) is 0 Å². The third-order valence-corrected chi connectivity index (χ3v) is 5.51. The Labute approximate surface area is 69.0 Å². The van der Waals surface area contributed by atoms with Crippen LogP contribution in [0.2, 0.25) is 0 Å². The molecule has 1 N–H and O–H groups in total. The van der Waals surface area contributed by atoms with Crippen molar-refractivity contribution in [2.75, 3.05) is 41.3 Å². The molecule has 66 valence electrons. The van der Waals surface area contributed by atoms with Gasteiger partial charge >= 0.3 is 7.94 Å². The summed E-state index contributed by atoms with van der Waals surface area (Å²) in [7, 11) is 5.71. The third-order valence-electron chi connectivity index (χ3n) is 2.20. The molecule has 1 rings (SSSR count). The van der Waals surface area contributed by atoms with Crippen LogP contribution in [0.1, 0.15) is 0 Å². The van der Waals surface area contributed by atoms with E-state index >= 15 is 0 Å². The third kappa shape index (κ3) is 1.30. The van der Waals surface area contributed by atoms with Crippen LogP contribution in [-0.4, -0.2) is 60.2 Å². The Hall–Kier alpha value is 0.270. The van der Waals surface area contributed by atoms with Gasteiger partial charge in [0.05, 0.1) is 13.1 Å². The van der Waals surface area contributed by atoms with Gasteiger partial charge in [0, 0.05) is 28.2 Å². The second kappa shape index (κ2) is 2.96. The molecule has 0 atom stereocenters. The maximum absolute atomic E-state index is 10.2. The van der Waals surface area contributed by atoms with E-state index in [4.69, 9.17) is 0 Å². The standard InChI is InChI=1S/C6H17N3OP/c1-7(2)11(10)8(3)5-6-9(11)4/h10H,5-6H2,1-4H3/q+1. The highest BCUT2D eigenvalue weighted by molar-refractivity contribution is 7.63. The van der Waals surface area contributed by atoms with E-state index in [1.807, 2.05) is 42.2 Å². The van der Waals surface area contributed by atoms with Gasteiger partial charge in [-0.1, -0.05) is 0 Å². The second-order valence-electron chi connectivity index (χ2n) is 3.15. The van der Waals surface area contributed by atoms with Gasteiger partial charge in [0.15, 0.2) is 0 Å². The quantitative estimate of drug-likeness (QED) is 0.577. The predicted molar refractivity (Wildman–Crippen MR) is 48.1 cm³/mol. The van der Waals surface area contributed by atoms with Gasteiger partial charge < -0.3 is 0 Å². The van der Waals surface area contributed by atoms with Crippen molar-refractivity contribution in [1.29, 1.82) is 0 Å². The largest absolute Gasteiger partial charge is 0.367 e. The minimum Gasteiger partial charge on any atom is -0.196 e. The average Bonchev–Trinajstić information content (AvgIpc) is 2.18. The minimum atomic E-state index is -2.07. The molecule has 1 aliphatic rings. The summed E-state index contributed by atoms with van der Waals surface area (Å²) in [6, 6.07) is 0. The number of likely N-dealkylation sites (N-methyl/N-ethyl adjacent to an activating group) is 2. The molecule has 1 fully saturated rings. The number of hydrogen-bond acceptors (Lipinski definition) is 4. The van der Waals surface area contributed by atoms with Crippen molar-refractivity contribution in [1.82, 2.24) is 14.0 Å². The summed E-state index contributed by atoms with van der Waals surface area (Å²) in [5, 5.41) is 0. The highest BCUT2D eigenvalue weighted by Gasteiger charge is 2.54. The summed E-state index contributed by atoms with van der Waals surface area (Å²) in [5.74, 6) is 0. The molecule has 5 heteroatoms. The Morgan fingerprint density at radius 1 is 1.18 bits per heavy atom. The summed E-state index contributed by atoms with van der Waals surface area (Å²) in [5.41, 5.74) is 0. The zero-order chi connectivity index (χ0) is 8.65. The SMILES string of the molecule is CN(C)[P+]1(O)N(C)CCN1C. The second-order valence-corrected chi connectivity index (χ2v) is 6.39. The van der Waals surface area contributed by atoms with Gasteiger partial charge in [-0.15, -0.1) is 14.0 Å². The zero-order valence-corrected chi connectivity index (χ0v) is 8.54. The molecule has 0 bridgehead atoms. The molecule has 0 aliphatic carbocycles. The minimum absolute atomic E-state index is 0.957. The zero-order valence-electron chi connectivity index (χ0n) is 7.65. The van der Waals surface area contributed by atoms with Crippen LogP contribution in [0.5, 0.6) is 0 Å². The van der Waals surface area contributed by atoms with Crippen molar-refractivity contribution < 1.29 is 4.89 Å². The van der Waals surface area contributed by atoms with E-state index in [2.05, 4.69) is 0 Å². The van der Waals surface area contributed by atoms with Crippen molar-refractivity contribution in [3.05, 3.63) is 0 Å². The van der Waals surface area contributed by atoms with Crippen LogP contribution in [0.15, 0.2) is 0 Å².